The summed E-state index contributed by atoms with van der Waals surface area (Å²) >= 11 is 0. The van der Waals surface area contributed by atoms with Gasteiger partial charge in [-0.2, -0.15) is 0 Å². The fourth-order valence-electron chi connectivity index (χ4n) is 2.73. The summed E-state index contributed by atoms with van der Waals surface area (Å²) in [5.74, 6) is -2.19. The molecule has 22 heavy (non-hydrogen) atoms. The fourth-order valence-corrected chi connectivity index (χ4v) is 2.73. The van der Waals surface area contributed by atoms with Crippen molar-refractivity contribution in [3.05, 3.63) is 58.8 Å². The maximum Gasteiger partial charge on any atom is 0.161 e. The SMILES string of the molecule is CC1=C(/C=C/C(C)=C/C=C/C(F)=C(/F)CO)C(C)(C)CCC1. The zero-order valence-electron chi connectivity index (χ0n) is 13.9. The average molecular weight is 308 g/mol. The highest BCUT2D eigenvalue weighted by molar-refractivity contribution is 5.37. The number of aliphatic hydroxyl groups excluding tert-OH is 1. The molecule has 0 radical (unpaired) electrons. The predicted octanol–water partition coefficient (Wildman–Crippen LogP) is 5.71. The van der Waals surface area contributed by atoms with E-state index in [1.165, 1.54) is 30.1 Å². The first-order valence-electron chi connectivity index (χ1n) is 7.66. The number of hydrogen-bond acceptors (Lipinski definition) is 1. The van der Waals surface area contributed by atoms with Gasteiger partial charge in [-0.1, -0.05) is 49.3 Å². The van der Waals surface area contributed by atoms with Gasteiger partial charge in [-0.15, -0.1) is 0 Å². The minimum atomic E-state index is -1.15. The summed E-state index contributed by atoms with van der Waals surface area (Å²) in [7, 11) is 0. The third-order valence-corrected chi connectivity index (χ3v) is 4.05. The van der Waals surface area contributed by atoms with E-state index in [9.17, 15) is 8.78 Å². The topological polar surface area (TPSA) is 20.2 Å². The highest BCUT2D eigenvalue weighted by Gasteiger charge is 2.26. The maximum absolute atomic E-state index is 13.1. The molecule has 0 heterocycles. The van der Waals surface area contributed by atoms with Crippen LogP contribution >= 0.6 is 0 Å². The molecule has 0 aromatic heterocycles. The Morgan fingerprint density at radius 1 is 1.27 bits per heavy atom. The van der Waals surface area contributed by atoms with Crippen molar-refractivity contribution in [3.63, 3.8) is 0 Å². The molecule has 0 spiro atoms. The van der Waals surface area contributed by atoms with E-state index in [0.717, 1.165) is 18.1 Å². The molecule has 1 aliphatic rings. The second-order valence-corrected chi connectivity index (χ2v) is 6.45. The van der Waals surface area contributed by atoms with Gasteiger partial charge in [-0.05, 0) is 50.2 Å². The molecule has 0 aromatic carbocycles. The number of aliphatic hydroxyl groups is 1. The maximum atomic E-state index is 13.1. The molecule has 0 atom stereocenters. The van der Waals surface area contributed by atoms with Gasteiger partial charge in [0, 0.05) is 0 Å². The predicted molar refractivity (Wildman–Crippen MR) is 88.7 cm³/mol. The Bertz CT molecular complexity index is 546. The minimum Gasteiger partial charge on any atom is -0.389 e. The molecule has 0 aliphatic heterocycles. The van der Waals surface area contributed by atoms with Crippen LogP contribution in [0, 0.1) is 5.41 Å². The van der Waals surface area contributed by atoms with Gasteiger partial charge in [0.2, 0.25) is 0 Å². The lowest BCUT2D eigenvalue weighted by Gasteiger charge is -2.32. The van der Waals surface area contributed by atoms with Gasteiger partial charge < -0.3 is 5.11 Å². The summed E-state index contributed by atoms with van der Waals surface area (Å²) in [6.45, 7) is 7.69. The van der Waals surface area contributed by atoms with Crippen LogP contribution in [-0.2, 0) is 0 Å². The van der Waals surface area contributed by atoms with Crippen LogP contribution in [0.15, 0.2) is 58.8 Å². The highest BCUT2D eigenvalue weighted by Crippen LogP contribution is 2.40. The molecule has 0 saturated carbocycles. The molecule has 0 saturated heterocycles. The lowest BCUT2D eigenvalue weighted by Crippen LogP contribution is -2.19. The van der Waals surface area contributed by atoms with E-state index in [2.05, 4.69) is 26.8 Å². The Morgan fingerprint density at radius 3 is 2.55 bits per heavy atom. The summed E-state index contributed by atoms with van der Waals surface area (Å²) in [4.78, 5) is 0. The van der Waals surface area contributed by atoms with Gasteiger partial charge in [0.1, 0.15) is 0 Å². The summed E-state index contributed by atoms with van der Waals surface area (Å²) in [6, 6.07) is 0. The van der Waals surface area contributed by atoms with Gasteiger partial charge in [-0.25, -0.2) is 8.78 Å². The van der Waals surface area contributed by atoms with Crippen LogP contribution < -0.4 is 0 Å². The zero-order chi connectivity index (χ0) is 16.8. The molecule has 0 unspecified atom stereocenters. The first kappa shape index (κ1) is 18.6. The van der Waals surface area contributed by atoms with Crippen molar-refractivity contribution in [1.29, 1.82) is 0 Å². The Balaban J connectivity index is 2.82. The van der Waals surface area contributed by atoms with Gasteiger partial charge in [0.15, 0.2) is 11.7 Å². The number of halogens is 2. The quantitative estimate of drug-likeness (QED) is 0.644. The van der Waals surface area contributed by atoms with E-state index in [4.69, 9.17) is 5.11 Å². The largest absolute Gasteiger partial charge is 0.389 e. The summed E-state index contributed by atoms with van der Waals surface area (Å²) < 4.78 is 25.8. The van der Waals surface area contributed by atoms with Gasteiger partial charge >= 0.3 is 0 Å². The first-order chi connectivity index (χ1) is 10.3. The van der Waals surface area contributed by atoms with Crippen molar-refractivity contribution in [2.45, 2.75) is 47.0 Å². The Kier molecular flexibility index (Phi) is 6.95. The van der Waals surface area contributed by atoms with Crippen molar-refractivity contribution in [3.8, 4) is 0 Å². The van der Waals surface area contributed by atoms with Crippen LogP contribution in [0.25, 0.3) is 0 Å². The lowest BCUT2D eigenvalue weighted by atomic mass is 9.72. The number of allylic oxidation sites excluding steroid dienone is 9. The van der Waals surface area contributed by atoms with Crippen LogP contribution in [0.5, 0.6) is 0 Å². The molecule has 0 fully saturated rings. The molecule has 0 bridgehead atoms. The van der Waals surface area contributed by atoms with Crippen molar-refractivity contribution in [2.24, 2.45) is 5.41 Å². The molecule has 1 rings (SSSR count). The monoisotopic (exact) mass is 308 g/mol. The van der Waals surface area contributed by atoms with Crippen LogP contribution in [0.2, 0.25) is 0 Å². The molecule has 1 N–H and O–H groups in total. The molecule has 0 aromatic rings. The van der Waals surface area contributed by atoms with E-state index in [1.54, 1.807) is 6.08 Å². The minimum absolute atomic E-state index is 0.189. The van der Waals surface area contributed by atoms with E-state index < -0.39 is 18.3 Å². The van der Waals surface area contributed by atoms with E-state index >= 15 is 0 Å². The first-order valence-corrected chi connectivity index (χ1v) is 7.66. The van der Waals surface area contributed by atoms with Crippen LogP contribution in [0.4, 0.5) is 8.78 Å². The smallest absolute Gasteiger partial charge is 0.161 e. The van der Waals surface area contributed by atoms with Crippen molar-refractivity contribution >= 4 is 0 Å². The van der Waals surface area contributed by atoms with Crippen LogP contribution in [0.1, 0.15) is 47.0 Å². The summed E-state index contributed by atoms with van der Waals surface area (Å²) in [6.07, 6.45) is 11.9. The molecular weight excluding hydrogens is 282 g/mol. The second-order valence-electron chi connectivity index (χ2n) is 6.45. The third kappa shape index (κ3) is 5.38. The van der Waals surface area contributed by atoms with Crippen molar-refractivity contribution in [1.82, 2.24) is 0 Å². The normalized spacial score (nSPS) is 21.0. The van der Waals surface area contributed by atoms with E-state index in [1.807, 2.05) is 13.0 Å². The second kappa shape index (κ2) is 8.23. The average Bonchev–Trinajstić information content (AvgIpc) is 2.45. The van der Waals surface area contributed by atoms with Crippen molar-refractivity contribution < 1.29 is 13.9 Å². The molecule has 122 valence electrons. The summed E-state index contributed by atoms with van der Waals surface area (Å²) in [5.41, 5.74) is 3.94. The zero-order valence-corrected chi connectivity index (χ0v) is 13.9. The molecule has 0 amide bonds. The Hall–Kier alpha value is -1.48. The van der Waals surface area contributed by atoms with Crippen molar-refractivity contribution in [2.75, 3.05) is 6.61 Å². The van der Waals surface area contributed by atoms with Crippen LogP contribution in [0.3, 0.4) is 0 Å². The van der Waals surface area contributed by atoms with Gasteiger partial charge in [-0.3, -0.25) is 0 Å². The summed E-state index contributed by atoms with van der Waals surface area (Å²) in [5, 5.41) is 8.48. The Morgan fingerprint density at radius 2 is 1.95 bits per heavy atom. The van der Waals surface area contributed by atoms with E-state index in [0.29, 0.717) is 0 Å². The van der Waals surface area contributed by atoms with Gasteiger partial charge in [0.05, 0.1) is 6.61 Å². The molecular formula is C19H26F2O. The number of rotatable bonds is 5. The van der Waals surface area contributed by atoms with Gasteiger partial charge in [0.25, 0.3) is 0 Å². The standard InChI is InChI=1S/C19H26F2O/c1-14(7-5-9-17(20)18(21)13-22)10-11-16-15(2)8-6-12-19(16,3)4/h5,7,9-11,22H,6,8,12-13H2,1-4H3/b9-5+,11-10+,14-7+,18-17-. The fraction of sp³-hybridized carbons (Fsp3) is 0.474. The van der Waals surface area contributed by atoms with E-state index in [-0.39, 0.29) is 5.41 Å². The molecule has 1 aliphatic carbocycles. The molecule has 3 heteroatoms. The van der Waals surface area contributed by atoms with Crippen LogP contribution in [-0.4, -0.2) is 11.7 Å². The number of hydrogen-bond donors (Lipinski definition) is 1. The molecule has 1 nitrogen and oxygen atoms in total. The Labute approximate surface area is 132 Å². The third-order valence-electron chi connectivity index (χ3n) is 4.05. The highest BCUT2D eigenvalue weighted by atomic mass is 19.2. The lowest BCUT2D eigenvalue weighted by molar-refractivity contribution is 0.291.